The third-order valence-electron chi connectivity index (χ3n) is 3.81. The van der Waals surface area contributed by atoms with Crippen LogP contribution in [-0.2, 0) is 4.79 Å². The van der Waals surface area contributed by atoms with Crippen molar-refractivity contribution in [3.63, 3.8) is 0 Å². The SMILES string of the molecule is CCOc1cc(/C=N\NC(N)=S)ccc1OCC(=O)Nc1ccc(C)c(C)c1. The molecule has 0 atom stereocenters. The Balaban J connectivity index is 2.01. The van der Waals surface area contributed by atoms with Crippen molar-refractivity contribution in [3.8, 4) is 11.5 Å². The van der Waals surface area contributed by atoms with Gasteiger partial charge in [0.2, 0.25) is 0 Å². The molecule has 0 fully saturated rings. The number of carbonyl (C=O) groups excluding carboxylic acids is 1. The molecule has 2 rings (SSSR count). The average Bonchev–Trinajstić information content (AvgIpc) is 2.64. The fourth-order valence-electron chi connectivity index (χ4n) is 2.32. The smallest absolute Gasteiger partial charge is 0.262 e. The standard InChI is InChI=1S/C20H24N4O3S/c1-4-26-18-10-15(11-22-24-20(21)28)6-8-17(18)27-12-19(25)23-16-7-5-13(2)14(3)9-16/h5-11H,4,12H2,1-3H3,(H,23,25)(H3,21,24,28)/b22-11-. The predicted molar refractivity (Wildman–Crippen MR) is 115 cm³/mol. The number of hydrazone groups is 1. The van der Waals surface area contributed by atoms with Crippen LogP contribution in [-0.4, -0.2) is 30.4 Å². The predicted octanol–water partition coefficient (Wildman–Crippen LogP) is 2.89. The number of nitrogens with zero attached hydrogens (tertiary/aromatic N) is 1. The van der Waals surface area contributed by atoms with Gasteiger partial charge >= 0.3 is 0 Å². The van der Waals surface area contributed by atoms with Crippen LogP contribution in [0.4, 0.5) is 5.69 Å². The second kappa shape index (κ2) is 10.3. The number of anilines is 1. The van der Waals surface area contributed by atoms with Crippen LogP contribution in [0.3, 0.4) is 0 Å². The molecule has 0 radical (unpaired) electrons. The molecule has 2 aromatic rings. The molecular weight excluding hydrogens is 376 g/mol. The zero-order valence-corrected chi connectivity index (χ0v) is 16.9. The van der Waals surface area contributed by atoms with Gasteiger partial charge in [0.05, 0.1) is 12.8 Å². The van der Waals surface area contributed by atoms with Gasteiger partial charge in [-0.15, -0.1) is 0 Å². The molecular formula is C20H24N4O3S. The zero-order chi connectivity index (χ0) is 20.5. The summed E-state index contributed by atoms with van der Waals surface area (Å²) < 4.78 is 11.2. The van der Waals surface area contributed by atoms with E-state index in [0.717, 1.165) is 16.8 Å². The van der Waals surface area contributed by atoms with Crippen molar-refractivity contribution in [1.29, 1.82) is 0 Å². The number of thiocarbonyl (C=S) groups is 1. The summed E-state index contributed by atoms with van der Waals surface area (Å²) in [6.07, 6.45) is 1.55. The second-order valence-corrected chi connectivity index (χ2v) is 6.45. The summed E-state index contributed by atoms with van der Waals surface area (Å²) in [6, 6.07) is 11.0. The van der Waals surface area contributed by atoms with Gasteiger partial charge in [0.15, 0.2) is 23.2 Å². The Labute approximate surface area is 169 Å². The van der Waals surface area contributed by atoms with E-state index < -0.39 is 0 Å². The van der Waals surface area contributed by atoms with Gasteiger partial charge in [0, 0.05) is 5.69 Å². The molecule has 0 aromatic heterocycles. The van der Waals surface area contributed by atoms with E-state index >= 15 is 0 Å². The van der Waals surface area contributed by atoms with Crippen LogP contribution < -0.4 is 25.9 Å². The first-order chi connectivity index (χ1) is 13.4. The molecule has 0 unspecified atom stereocenters. The van der Waals surface area contributed by atoms with Crippen molar-refractivity contribution >= 4 is 35.1 Å². The Morgan fingerprint density at radius 2 is 1.93 bits per heavy atom. The number of hydrogen-bond acceptors (Lipinski definition) is 5. The van der Waals surface area contributed by atoms with Crippen molar-refractivity contribution in [1.82, 2.24) is 5.43 Å². The molecule has 0 saturated heterocycles. The number of aryl methyl sites for hydroxylation is 2. The highest BCUT2D eigenvalue weighted by molar-refractivity contribution is 7.80. The monoisotopic (exact) mass is 400 g/mol. The van der Waals surface area contributed by atoms with Crippen LogP contribution in [0.5, 0.6) is 11.5 Å². The molecule has 0 aliphatic rings. The Kier molecular flexibility index (Phi) is 7.76. The van der Waals surface area contributed by atoms with Gasteiger partial charge in [-0.05, 0) is 80.0 Å². The summed E-state index contributed by atoms with van der Waals surface area (Å²) in [5, 5.41) is 6.81. The number of nitrogens with two attached hydrogens (primary N) is 1. The maximum absolute atomic E-state index is 12.2. The molecule has 7 nitrogen and oxygen atoms in total. The Morgan fingerprint density at radius 1 is 1.14 bits per heavy atom. The average molecular weight is 401 g/mol. The Morgan fingerprint density at radius 3 is 2.61 bits per heavy atom. The van der Waals surface area contributed by atoms with Gasteiger partial charge in [-0.25, -0.2) is 0 Å². The number of nitrogens with one attached hydrogen (secondary N) is 2. The summed E-state index contributed by atoms with van der Waals surface area (Å²) in [4.78, 5) is 12.2. The number of carbonyl (C=O) groups is 1. The topological polar surface area (TPSA) is 98.0 Å². The molecule has 0 bridgehead atoms. The van der Waals surface area contributed by atoms with E-state index in [0.29, 0.717) is 18.1 Å². The van der Waals surface area contributed by atoms with Gasteiger partial charge in [-0.2, -0.15) is 5.10 Å². The van der Waals surface area contributed by atoms with E-state index in [1.165, 1.54) is 5.56 Å². The lowest BCUT2D eigenvalue weighted by atomic mass is 10.1. The lowest BCUT2D eigenvalue weighted by molar-refractivity contribution is -0.118. The van der Waals surface area contributed by atoms with Gasteiger partial charge in [0.25, 0.3) is 5.91 Å². The van der Waals surface area contributed by atoms with Gasteiger partial charge in [0.1, 0.15) is 0 Å². The zero-order valence-electron chi connectivity index (χ0n) is 16.1. The van der Waals surface area contributed by atoms with Crippen molar-refractivity contribution in [2.24, 2.45) is 10.8 Å². The molecule has 1 amide bonds. The molecule has 2 aromatic carbocycles. The highest BCUT2D eigenvalue weighted by Crippen LogP contribution is 2.28. The van der Waals surface area contributed by atoms with E-state index in [1.807, 2.05) is 39.0 Å². The van der Waals surface area contributed by atoms with E-state index in [-0.39, 0.29) is 17.6 Å². The minimum Gasteiger partial charge on any atom is -0.490 e. The summed E-state index contributed by atoms with van der Waals surface area (Å²) in [7, 11) is 0. The van der Waals surface area contributed by atoms with Crippen LogP contribution in [0.25, 0.3) is 0 Å². The molecule has 0 aliphatic carbocycles. The first-order valence-electron chi connectivity index (χ1n) is 8.74. The highest BCUT2D eigenvalue weighted by atomic mass is 32.1. The molecule has 4 N–H and O–H groups in total. The van der Waals surface area contributed by atoms with Gasteiger partial charge in [-0.3, -0.25) is 10.2 Å². The van der Waals surface area contributed by atoms with Crippen molar-refractivity contribution in [2.45, 2.75) is 20.8 Å². The van der Waals surface area contributed by atoms with Crippen LogP contribution in [0, 0.1) is 13.8 Å². The molecule has 0 saturated carbocycles. The minimum absolute atomic E-state index is 0.0796. The summed E-state index contributed by atoms with van der Waals surface area (Å²) >= 11 is 4.69. The molecule has 0 heterocycles. The number of benzene rings is 2. The molecule has 0 aliphatic heterocycles. The van der Waals surface area contributed by atoms with E-state index in [2.05, 4.69) is 28.1 Å². The van der Waals surface area contributed by atoms with Crippen LogP contribution in [0.15, 0.2) is 41.5 Å². The Hall–Kier alpha value is -3.13. The maximum Gasteiger partial charge on any atom is 0.262 e. The largest absolute Gasteiger partial charge is 0.490 e. The van der Waals surface area contributed by atoms with E-state index in [4.69, 9.17) is 15.2 Å². The highest BCUT2D eigenvalue weighted by Gasteiger charge is 2.10. The van der Waals surface area contributed by atoms with Gasteiger partial charge < -0.3 is 20.5 Å². The first kappa shape index (κ1) is 21.2. The van der Waals surface area contributed by atoms with Crippen LogP contribution in [0.1, 0.15) is 23.6 Å². The third-order valence-corrected chi connectivity index (χ3v) is 3.90. The van der Waals surface area contributed by atoms with Crippen molar-refractivity contribution in [3.05, 3.63) is 53.1 Å². The molecule has 28 heavy (non-hydrogen) atoms. The number of ether oxygens (including phenoxy) is 2. The lowest BCUT2D eigenvalue weighted by Gasteiger charge is -2.13. The summed E-state index contributed by atoms with van der Waals surface area (Å²) in [6.45, 7) is 6.21. The number of amides is 1. The summed E-state index contributed by atoms with van der Waals surface area (Å²) in [5.41, 5.74) is 11.6. The van der Waals surface area contributed by atoms with Gasteiger partial charge in [-0.1, -0.05) is 6.07 Å². The van der Waals surface area contributed by atoms with Crippen molar-refractivity contribution < 1.29 is 14.3 Å². The van der Waals surface area contributed by atoms with Crippen LogP contribution >= 0.6 is 12.2 Å². The maximum atomic E-state index is 12.2. The fraction of sp³-hybridized carbons (Fsp3) is 0.250. The van der Waals surface area contributed by atoms with E-state index in [1.54, 1.807) is 24.4 Å². The number of hydrogen-bond donors (Lipinski definition) is 3. The number of rotatable bonds is 8. The molecule has 0 spiro atoms. The Bertz CT molecular complexity index is 884. The first-order valence-corrected chi connectivity index (χ1v) is 9.15. The lowest BCUT2D eigenvalue weighted by Crippen LogP contribution is -2.24. The normalized spacial score (nSPS) is 10.5. The molecule has 148 valence electrons. The molecule has 8 heteroatoms. The third kappa shape index (κ3) is 6.55. The quantitative estimate of drug-likeness (QED) is 0.358. The fourth-order valence-corrected chi connectivity index (χ4v) is 2.38. The van der Waals surface area contributed by atoms with Crippen LogP contribution in [0.2, 0.25) is 0 Å². The second-order valence-electron chi connectivity index (χ2n) is 6.01. The van der Waals surface area contributed by atoms with Crippen molar-refractivity contribution in [2.75, 3.05) is 18.5 Å². The van der Waals surface area contributed by atoms with E-state index in [9.17, 15) is 4.79 Å². The summed E-state index contributed by atoms with van der Waals surface area (Å²) in [5.74, 6) is 0.731. The minimum atomic E-state index is -0.253.